The summed E-state index contributed by atoms with van der Waals surface area (Å²) < 4.78 is 0. The van der Waals surface area contributed by atoms with Gasteiger partial charge in [-0.15, -0.1) is 11.3 Å². The van der Waals surface area contributed by atoms with Crippen LogP contribution in [0, 0.1) is 20.2 Å². The molecule has 1 heterocycles. The fraction of sp³-hybridized carbons (Fsp3) is 0. The molecule has 0 fully saturated rings. The number of nitrogens with zero attached hydrogens (tertiary/aromatic N) is 2. The van der Waals surface area contributed by atoms with Crippen LogP contribution in [-0.4, -0.2) is 9.85 Å². The van der Waals surface area contributed by atoms with Crippen LogP contribution in [0.3, 0.4) is 0 Å². The quantitative estimate of drug-likeness (QED) is 0.550. The van der Waals surface area contributed by atoms with Gasteiger partial charge >= 0.3 is 0 Å². The summed E-state index contributed by atoms with van der Waals surface area (Å²) in [6.45, 7) is 0. The number of thiophene rings is 1. The highest BCUT2D eigenvalue weighted by Crippen LogP contribution is 2.25. The first-order chi connectivity index (χ1) is 6.11. The highest BCUT2D eigenvalue weighted by atomic mass is 32.1. The maximum Gasteiger partial charge on any atom is 0.287 e. The molecule has 0 N–H and O–H groups in total. The van der Waals surface area contributed by atoms with Crippen molar-refractivity contribution in [3.63, 3.8) is 0 Å². The summed E-state index contributed by atoms with van der Waals surface area (Å²) in [5.74, 6) is 0. The lowest BCUT2D eigenvalue weighted by molar-refractivity contribution is -0.401. The van der Waals surface area contributed by atoms with Crippen LogP contribution in [0.25, 0.3) is 6.08 Å². The maximum absolute atomic E-state index is 10.3. The smallest absolute Gasteiger partial charge is 0.259 e. The Morgan fingerprint density at radius 2 is 2.08 bits per heavy atom. The number of hydrogen-bond acceptors (Lipinski definition) is 5. The van der Waals surface area contributed by atoms with Gasteiger partial charge in [0.05, 0.1) is 9.85 Å². The first-order valence-electron chi connectivity index (χ1n) is 3.15. The average molecular weight is 200 g/mol. The summed E-state index contributed by atoms with van der Waals surface area (Å²) >= 11 is 1.09. The highest BCUT2D eigenvalue weighted by Gasteiger charge is 2.12. The van der Waals surface area contributed by atoms with E-state index in [-0.39, 0.29) is 10.6 Å². The summed E-state index contributed by atoms with van der Waals surface area (Å²) in [4.78, 5) is 19.3. The van der Waals surface area contributed by atoms with Gasteiger partial charge in [0.15, 0.2) is 0 Å². The van der Waals surface area contributed by atoms with Gasteiger partial charge in [-0.1, -0.05) is 0 Å². The van der Waals surface area contributed by atoms with E-state index >= 15 is 0 Å². The minimum absolute atomic E-state index is 0.108. The van der Waals surface area contributed by atoms with Crippen molar-refractivity contribution in [2.45, 2.75) is 0 Å². The van der Waals surface area contributed by atoms with Crippen LogP contribution in [-0.2, 0) is 0 Å². The van der Waals surface area contributed by atoms with Crippen molar-refractivity contribution in [1.29, 1.82) is 0 Å². The molecule has 1 aromatic heterocycles. The Bertz CT molecular complexity index is 370. The first-order valence-corrected chi connectivity index (χ1v) is 4.03. The normalized spacial score (nSPS) is 10.5. The Morgan fingerprint density at radius 3 is 2.62 bits per heavy atom. The molecule has 0 unspecified atom stereocenters. The summed E-state index contributed by atoms with van der Waals surface area (Å²) in [6, 6.07) is 1.31. The summed E-state index contributed by atoms with van der Waals surface area (Å²) in [7, 11) is 0. The largest absolute Gasteiger partial charge is 0.287 e. The van der Waals surface area contributed by atoms with E-state index in [9.17, 15) is 20.2 Å². The Balaban J connectivity index is 2.95. The summed E-state index contributed by atoms with van der Waals surface area (Å²) in [5, 5.41) is 21.8. The van der Waals surface area contributed by atoms with Gasteiger partial charge < -0.3 is 0 Å². The van der Waals surface area contributed by atoms with Crippen molar-refractivity contribution in [3.05, 3.63) is 42.8 Å². The zero-order valence-electron chi connectivity index (χ0n) is 6.25. The molecule has 0 aliphatic heterocycles. The molecule has 13 heavy (non-hydrogen) atoms. The van der Waals surface area contributed by atoms with Crippen molar-refractivity contribution in [3.8, 4) is 0 Å². The van der Waals surface area contributed by atoms with Crippen LogP contribution in [0.4, 0.5) is 5.69 Å². The van der Waals surface area contributed by atoms with Gasteiger partial charge in [0.2, 0.25) is 6.20 Å². The molecular formula is C6H4N2O4S. The van der Waals surface area contributed by atoms with E-state index in [2.05, 4.69) is 0 Å². The van der Waals surface area contributed by atoms with E-state index in [0.29, 0.717) is 6.20 Å². The van der Waals surface area contributed by atoms with Crippen LogP contribution >= 0.6 is 11.3 Å². The van der Waals surface area contributed by atoms with E-state index in [1.54, 1.807) is 0 Å². The standard InChI is InChI=1S/C6H4N2O4S/c9-7(10)3-1-6-5(8(11)12)2-4-13-6/h1-4H. The van der Waals surface area contributed by atoms with Crippen LogP contribution in [0.15, 0.2) is 17.6 Å². The molecule has 0 saturated carbocycles. The van der Waals surface area contributed by atoms with Crippen LogP contribution in [0.2, 0.25) is 0 Å². The third kappa shape index (κ3) is 2.34. The van der Waals surface area contributed by atoms with Gasteiger partial charge in [-0.05, 0) is 5.38 Å². The third-order valence-electron chi connectivity index (χ3n) is 1.22. The molecular weight excluding hydrogens is 196 g/mol. The molecule has 1 rings (SSSR count). The maximum atomic E-state index is 10.3. The molecule has 0 aliphatic carbocycles. The summed E-state index contributed by atoms with van der Waals surface area (Å²) in [5.41, 5.74) is -0.108. The predicted octanol–water partition coefficient (Wildman–Crippen LogP) is 1.90. The monoisotopic (exact) mass is 200 g/mol. The lowest BCUT2D eigenvalue weighted by Crippen LogP contribution is -1.87. The van der Waals surface area contributed by atoms with E-state index < -0.39 is 9.85 Å². The molecule has 0 amide bonds. The lowest BCUT2D eigenvalue weighted by Gasteiger charge is -1.85. The molecule has 0 aliphatic rings. The number of hydrogen-bond donors (Lipinski definition) is 0. The molecule has 6 nitrogen and oxygen atoms in total. The van der Waals surface area contributed by atoms with E-state index in [1.807, 2.05) is 0 Å². The summed E-state index contributed by atoms with van der Waals surface area (Å²) in [6.07, 6.45) is 1.79. The molecule has 0 spiro atoms. The van der Waals surface area contributed by atoms with Crippen molar-refractivity contribution in [2.24, 2.45) is 0 Å². The van der Waals surface area contributed by atoms with Crippen molar-refractivity contribution in [2.75, 3.05) is 0 Å². The number of nitro groups is 2. The topological polar surface area (TPSA) is 86.3 Å². The van der Waals surface area contributed by atoms with E-state index in [1.165, 1.54) is 11.4 Å². The second-order valence-electron chi connectivity index (χ2n) is 2.03. The zero-order chi connectivity index (χ0) is 9.84. The molecule has 0 atom stereocenters. The lowest BCUT2D eigenvalue weighted by atomic mass is 10.4. The molecule has 0 aromatic carbocycles. The van der Waals surface area contributed by atoms with Gasteiger partial charge in [0.1, 0.15) is 4.88 Å². The average Bonchev–Trinajstić information content (AvgIpc) is 2.47. The van der Waals surface area contributed by atoms with Crippen LogP contribution in [0.1, 0.15) is 4.88 Å². The molecule has 7 heteroatoms. The van der Waals surface area contributed by atoms with E-state index in [0.717, 1.165) is 17.4 Å². The van der Waals surface area contributed by atoms with Gasteiger partial charge in [0, 0.05) is 12.1 Å². The fourth-order valence-corrected chi connectivity index (χ4v) is 1.46. The zero-order valence-corrected chi connectivity index (χ0v) is 7.06. The van der Waals surface area contributed by atoms with Gasteiger partial charge in [-0.2, -0.15) is 0 Å². The van der Waals surface area contributed by atoms with Crippen LogP contribution in [0.5, 0.6) is 0 Å². The van der Waals surface area contributed by atoms with Crippen molar-refractivity contribution >= 4 is 23.1 Å². The Labute approximate surface area is 76.4 Å². The predicted molar refractivity (Wildman–Crippen MR) is 47.0 cm³/mol. The molecule has 1 aromatic rings. The van der Waals surface area contributed by atoms with Crippen molar-refractivity contribution in [1.82, 2.24) is 0 Å². The van der Waals surface area contributed by atoms with Gasteiger partial charge in [-0.25, -0.2) is 0 Å². The van der Waals surface area contributed by atoms with Crippen LogP contribution < -0.4 is 0 Å². The Kier molecular flexibility index (Phi) is 2.70. The number of rotatable bonds is 3. The minimum atomic E-state index is -0.663. The third-order valence-corrected chi connectivity index (χ3v) is 2.09. The van der Waals surface area contributed by atoms with Gasteiger partial charge in [0.25, 0.3) is 5.69 Å². The van der Waals surface area contributed by atoms with Crippen molar-refractivity contribution < 1.29 is 9.85 Å². The Morgan fingerprint density at radius 1 is 1.38 bits per heavy atom. The molecule has 68 valence electrons. The first kappa shape index (κ1) is 9.33. The Hall–Kier alpha value is -1.76. The second-order valence-corrected chi connectivity index (χ2v) is 2.98. The fourth-order valence-electron chi connectivity index (χ4n) is 0.718. The molecule has 0 radical (unpaired) electrons. The highest BCUT2D eigenvalue weighted by molar-refractivity contribution is 7.11. The second kappa shape index (κ2) is 3.76. The SMILES string of the molecule is O=[N+]([O-])C=Cc1sccc1[N+](=O)[O-]. The molecule has 0 bridgehead atoms. The van der Waals surface area contributed by atoms with E-state index in [4.69, 9.17) is 0 Å². The minimum Gasteiger partial charge on any atom is -0.259 e. The molecule has 0 saturated heterocycles. The van der Waals surface area contributed by atoms with Gasteiger partial charge in [-0.3, -0.25) is 20.2 Å².